The number of carboxylic acids is 1. The Balaban J connectivity index is 1.94. The summed E-state index contributed by atoms with van der Waals surface area (Å²) in [6.45, 7) is 7.19. The number of carbonyl (C=O) groups is 1. The molecule has 188 valence electrons. The number of allylic oxidation sites excluding steroid dienone is 2. The van der Waals surface area contributed by atoms with E-state index in [1.165, 1.54) is 24.1 Å². The average Bonchev–Trinajstić information content (AvgIpc) is 2.79. The van der Waals surface area contributed by atoms with Crippen molar-refractivity contribution in [2.75, 3.05) is 0 Å². The molecular weight excluding hydrogens is 786 g/mol. The van der Waals surface area contributed by atoms with Gasteiger partial charge in [0.05, 0.1) is 5.56 Å². The fourth-order valence-corrected chi connectivity index (χ4v) is 8.86. The van der Waals surface area contributed by atoms with Crippen molar-refractivity contribution >= 4 is 83.0 Å². The molecule has 1 aromatic carbocycles. The minimum Gasteiger partial charge on any atom is -0.508 e. The zero-order valence-corrected chi connectivity index (χ0v) is 27.4. The summed E-state index contributed by atoms with van der Waals surface area (Å²) in [6.07, 6.45) is 7.28. The normalized spacial score (nSPS) is 33.9. The van der Waals surface area contributed by atoms with E-state index >= 15 is 0 Å². The van der Waals surface area contributed by atoms with Crippen LogP contribution in [0.3, 0.4) is 0 Å². The molecule has 2 N–H and O–H groups in total. The van der Waals surface area contributed by atoms with Gasteiger partial charge in [0.1, 0.15) is 5.75 Å². The zero-order chi connectivity index (χ0) is 25.3. The molecule has 0 spiro atoms. The third-order valence-corrected chi connectivity index (χ3v) is 13.2. The molecule has 1 aromatic rings. The van der Waals surface area contributed by atoms with Crippen LogP contribution in [0.4, 0.5) is 0 Å². The monoisotopic (exact) mass is 818 g/mol. The van der Waals surface area contributed by atoms with E-state index in [2.05, 4.69) is 106 Å². The van der Waals surface area contributed by atoms with Gasteiger partial charge in [-0.1, -0.05) is 109 Å². The number of phenolic OH excluding ortho intramolecular Hbond substituents is 1. The Labute approximate surface area is 248 Å². The first kappa shape index (κ1) is 29.0. The van der Waals surface area contributed by atoms with E-state index in [1.54, 1.807) is 11.6 Å². The lowest BCUT2D eigenvalue weighted by Gasteiger charge is -2.50. The Bertz CT molecular complexity index is 975. The van der Waals surface area contributed by atoms with E-state index in [-0.39, 0.29) is 28.1 Å². The highest BCUT2D eigenvalue weighted by Crippen LogP contribution is 2.56. The summed E-state index contributed by atoms with van der Waals surface area (Å²) in [5, 5.41) is 20.1. The van der Waals surface area contributed by atoms with E-state index in [0.717, 1.165) is 37.7 Å². The zero-order valence-electron chi connectivity index (χ0n) is 20.0. The third kappa shape index (κ3) is 5.93. The van der Waals surface area contributed by atoms with Gasteiger partial charge in [-0.3, -0.25) is 0 Å². The topological polar surface area (TPSA) is 57.5 Å². The molecule has 2 fully saturated rings. The first-order valence-corrected chi connectivity index (χ1v) is 16.2. The predicted octanol–water partition coefficient (Wildman–Crippen LogP) is 9.43. The molecule has 7 heteroatoms. The van der Waals surface area contributed by atoms with Crippen LogP contribution >= 0.6 is 77.0 Å². The van der Waals surface area contributed by atoms with E-state index in [0.29, 0.717) is 22.0 Å². The lowest BCUT2D eigenvalue weighted by Crippen LogP contribution is -2.44. The lowest BCUT2D eigenvalue weighted by atomic mass is 9.58. The fraction of sp³-hybridized carbons (Fsp3) is 0.593. The van der Waals surface area contributed by atoms with E-state index in [1.807, 2.05) is 0 Å². The minimum absolute atomic E-state index is 0.00730. The number of halogens is 4. The van der Waals surface area contributed by atoms with Crippen molar-refractivity contribution in [1.82, 2.24) is 0 Å². The van der Waals surface area contributed by atoms with E-state index in [9.17, 15) is 15.0 Å². The quantitative estimate of drug-likeness (QED) is 0.222. The molecular formula is C27H34Br2I2O3. The molecule has 5 atom stereocenters. The first-order valence-electron chi connectivity index (χ1n) is 11.9. The van der Waals surface area contributed by atoms with Gasteiger partial charge in [0.15, 0.2) is 0 Å². The van der Waals surface area contributed by atoms with Gasteiger partial charge in [0.25, 0.3) is 0 Å². The van der Waals surface area contributed by atoms with Crippen molar-refractivity contribution in [3.8, 4) is 5.75 Å². The Hall–Kier alpha value is 0.390. The highest BCUT2D eigenvalue weighted by Gasteiger charge is 2.47. The summed E-state index contributed by atoms with van der Waals surface area (Å²) in [7, 11) is 0. The van der Waals surface area contributed by atoms with Gasteiger partial charge in [-0.05, 0) is 99.5 Å². The molecule has 3 rings (SSSR count). The van der Waals surface area contributed by atoms with Crippen LogP contribution in [0.2, 0.25) is 0 Å². The van der Waals surface area contributed by atoms with E-state index in [4.69, 9.17) is 0 Å². The molecule has 0 bridgehead atoms. The second kappa shape index (κ2) is 11.8. The second-order valence-electron chi connectivity index (χ2n) is 10.7. The van der Waals surface area contributed by atoms with Gasteiger partial charge in [-0.25, -0.2) is 4.79 Å². The highest BCUT2D eigenvalue weighted by molar-refractivity contribution is 14.1. The summed E-state index contributed by atoms with van der Waals surface area (Å²) >= 11 is 12.8. The molecule has 2 saturated carbocycles. The minimum atomic E-state index is -0.961. The fourth-order valence-electron chi connectivity index (χ4n) is 6.05. The van der Waals surface area contributed by atoms with Gasteiger partial charge in [-0.2, -0.15) is 0 Å². The molecule has 0 amide bonds. The Morgan fingerprint density at radius 1 is 1.06 bits per heavy atom. The number of benzene rings is 1. The summed E-state index contributed by atoms with van der Waals surface area (Å²) < 4.78 is 4.52. The number of phenols is 1. The standard InChI is InChI=1S/C27H34Br2I2O3/c1-26(2)20(17(14-30)5-8-23(26)28)10-11-27(3)21(18(15-31)6-9-24(27)29)13-19-12-16(25(33)34)4-7-22(19)32/h4,7,12,14-15,20-21,23-24,32H,5-6,8-11,13H2,1-3H3,(H,33,34). The summed E-state index contributed by atoms with van der Waals surface area (Å²) in [6, 6.07) is 4.65. The van der Waals surface area contributed by atoms with Crippen molar-refractivity contribution in [3.63, 3.8) is 0 Å². The maximum Gasteiger partial charge on any atom is 0.335 e. The number of hydrogen-bond acceptors (Lipinski definition) is 2. The molecule has 3 nitrogen and oxygen atoms in total. The van der Waals surface area contributed by atoms with Gasteiger partial charge >= 0.3 is 5.97 Å². The predicted molar refractivity (Wildman–Crippen MR) is 165 cm³/mol. The molecule has 0 aliphatic heterocycles. The smallest absolute Gasteiger partial charge is 0.335 e. The van der Waals surface area contributed by atoms with Crippen LogP contribution in [0.1, 0.15) is 75.2 Å². The van der Waals surface area contributed by atoms with E-state index < -0.39 is 5.97 Å². The van der Waals surface area contributed by atoms with Crippen molar-refractivity contribution in [1.29, 1.82) is 0 Å². The number of alkyl halides is 2. The molecule has 2 aliphatic carbocycles. The number of hydrogen-bond donors (Lipinski definition) is 2. The van der Waals surface area contributed by atoms with Crippen LogP contribution in [-0.2, 0) is 6.42 Å². The van der Waals surface area contributed by atoms with Crippen LogP contribution in [0, 0.1) is 22.7 Å². The lowest BCUT2D eigenvalue weighted by molar-refractivity contribution is 0.0696. The maximum atomic E-state index is 11.6. The molecule has 34 heavy (non-hydrogen) atoms. The van der Waals surface area contributed by atoms with Gasteiger partial charge < -0.3 is 10.2 Å². The van der Waals surface area contributed by atoms with Gasteiger partial charge in [0, 0.05) is 9.65 Å². The van der Waals surface area contributed by atoms with Crippen LogP contribution in [-0.4, -0.2) is 25.8 Å². The van der Waals surface area contributed by atoms with Crippen LogP contribution in [0.15, 0.2) is 37.5 Å². The Morgan fingerprint density at radius 2 is 1.65 bits per heavy atom. The largest absolute Gasteiger partial charge is 0.508 e. The number of aromatic carboxylic acids is 1. The SMILES string of the molecule is CC1(C)C(Br)CCC(=CI)C1CCC1(C)C(Br)CCC(=CI)C1Cc1cc(C(=O)O)ccc1O. The summed E-state index contributed by atoms with van der Waals surface area (Å²) in [5.41, 5.74) is 4.11. The first-order chi connectivity index (χ1) is 15.9. The molecule has 5 unspecified atom stereocenters. The Morgan fingerprint density at radius 3 is 2.24 bits per heavy atom. The second-order valence-corrected chi connectivity index (χ2v) is 14.2. The van der Waals surface area contributed by atoms with Gasteiger partial charge in [-0.15, -0.1) is 0 Å². The van der Waals surface area contributed by atoms with Crippen LogP contribution in [0.5, 0.6) is 5.75 Å². The summed E-state index contributed by atoms with van der Waals surface area (Å²) in [4.78, 5) is 12.5. The van der Waals surface area contributed by atoms with Crippen LogP contribution < -0.4 is 0 Å². The maximum absolute atomic E-state index is 11.6. The molecule has 0 aromatic heterocycles. The molecule has 0 heterocycles. The molecule has 2 aliphatic rings. The number of rotatable bonds is 6. The van der Waals surface area contributed by atoms with Crippen molar-refractivity contribution in [2.24, 2.45) is 22.7 Å². The van der Waals surface area contributed by atoms with Gasteiger partial charge in [0.2, 0.25) is 0 Å². The van der Waals surface area contributed by atoms with Crippen molar-refractivity contribution in [3.05, 3.63) is 48.6 Å². The van der Waals surface area contributed by atoms with Crippen molar-refractivity contribution < 1.29 is 15.0 Å². The van der Waals surface area contributed by atoms with Crippen LogP contribution in [0.25, 0.3) is 0 Å². The summed E-state index contributed by atoms with van der Waals surface area (Å²) in [5.74, 6) is -0.0199. The number of aromatic hydroxyl groups is 1. The van der Waals surface area contributed by atoms with Crippen molar-refractivity contribution in [2.45, 2.75) is 75.4 Å². The third-order valence-electron chi connectivity index (χ3n) is 8.49. The highest BCUT2D eigenvalue weighted by atomic mass is 127. The molecule has 0 saturated heterocycles. The number of carboxylic acid groups (broad SMARTS) is 1. The average molecular weight is 820 g/mol. The Kier molecular flexibility index (Phi) is 10.1. The molecule has 0 radical (unpaired) electrons.